The zero-order valence-electron chi connectivity index (χ0n) is 54.9. The lowest BCUT2D eigenvalue weighted by molar-refractivity contribution is -0.929. The number of phenolic OH excluding ortho intramolecular Hbond substituents is 1. The average Bonchev–Trinajstić information content (AvgIpc) is 2.55. The first kappa shape index (κ1) is 76.1. The summed E-state index contributed by atoms with van der Waals surface area (Å²) >= 11 is 3.32. The van der Waals surface area contributed by atoms with Crippen LogP contribution in [0.2, 0.25) is 19.6 Å². The average molecular weight is 1250 g/mol. The van der Waals surface area contributed by atoms with E-state index in [0.717, 1.165) is 38.3 Å². The van der Waals surface area contributed by atoms with Crippen LogP contribution < -0.4 is 19.8 Å². The number of benzene rings is 6. The molecule has 0 amide bonds. The Labute approximate surface area is 543 Å². The van der Waals surface area contributed by atoms with Crippen LogP contribution in [0.4, 0.5) is 11.4 Å². The number of halogens is 1. The Hall–Kier alpha value is -6.11. The third kappa shape index (κ3) is 21.8. The van der Waals surface area contributed by atoms with E-state index in [-0.39, 0.29) is 37.4 Å². The SMILES string of the molecule is C.C.CC(C)c1cccc(C(C)C)c1NC(c1ccccc1)c1nc(-c2ccccc2O)cs1.CC(C)c1cccc(C(C)C)c1NC(c1ccccc1)c1nc(-c2ccccc2O[Si](C)(C)C)cs1.CCCC[N+](CCCC)(CCCC)CCCC.[F-]. The standard InChI is InChI=1S/C31H38N2OSSi.C28H30N2OS.C16H36N.2CH4.FH/c1-21(2)24-17-13-18-25(22(3)4)30(24)33-29(23-14-9-8-10-15-23)31-32-27(20-35-31)26-16-11-12-19-28(26)34-36(5,6)7;1-18(2)21-14-10-15-22(19(3)4)27(21)30-26(20-11-6-5-7-12-20)28-29-24(17-32-28)23-13-8-9-16-25(23)31;1-5-9-13-17(14-10-6-2,15-11-7-3)16-12-8-4;;;/h8-22,29,33H,1-7H3;5-19,26,30-31H,1-4H3;5-16H2,1-4H3;2*1H4;1H/q;;+1;;;/p-1. The topological polar surface area (TPSA) is 79.3 Å². The second-order valence-electron chi connectivity index (χ2n) is 25.2. The van der Waals surface area contributed by atoms with Gasteiger partial charge in [-0.05, 0) is 127 Å². The first-order valence-electron chi connectivity index (χ1n) is 32.0. The summed E-state index contributed by atoms with van der Waals surface area (Å²) in [6.45, 7) is 39.7. The summed E-state index contributed by atoms with van der Waals surface area (Å²) < 4.78 is 7.83. The molecule has 0 bridgehead atoms. The highest BCUT2D eigenvalue weighted by Gasteiger charge is 2.28. The molecule has 0 saturated carbocycles. The molecule has 88 heavy (non-hydrogen) atoms. The normalized spacial score (nSPS) is 12.0. The third-order valence-corrected chi connectivity index (χ3v) is 18.5. The fourth-order valence-electron chi connectivity index (χ4n) is 11.1. The molecule has 0 aliphatic heterocycles. The minimum absolute atomic E-state index is 0. The van der Waals surface area contributed by atoms with Crippen LogP contribution in [0.1, 0.15) is 228 Å². The molecule has 2 heterocycles. The summed E-state index contributed by atoms with van der Waals surface area (Å²) in [6.07, 6.45) is 11.1. The smallest absolute Gasteiger partial charge is 0.242 e. The Morgan fingerprint density at radius 3 is 1.12 bits per heavy atom. The van der Waals surface area contributed by atoms with Crippen LogP contribution in [0.15, 0.2) is 156 Å². The van der Waals surface area contributed by atoms with Crippen molar-refractivity contribution in [3.63, 3.8) is 0 Å². The van der Waals surface area contributed by atoms with Gasteiger partial charge in [-0.1, -0.05) is 245 Å². The van der Waals surface area contributed by atoms with Gasteiger partial charge in [0.05, 0.1) is 37.6 Å². The maximum Gasteiger partial charge on any atom is 0.242 e. The van der Waals surface area contributed by atoms with E-state index in [1.807, 2.05) is 35.7 Å². The number of aromatic nitrogens is 2. The van der Waals surface area contributed by atoms with Crippen LogP contribution in [0, 0.1) is 0 Å². The molecule has 480 valence electrons. The number of quaternary nitrogens is 1. The lowest BCUT2D eigenvalue weighted by Gasteiger charge is -2.39. The van der Waals surface area contributed by atoms with Gasteiger partial charge < -0.3 is 29.4 Å². The Bertz CT molecular complexity index is 3120. The van der Waals surface area contributed by atoms with Crippen molar-refractivity contribution in [1.29, 1.82) is 0 Å². The molecular formula is C77H112FN5O2S2Si. The summed E-state index contributed by atoms with van der Waals surface area (Å²) in [5, 5.41) is 24.4. The van der Waals surface area contributed by atoms with Gasteiger partial charge in [-0.15, -0.1) is 22.7 Å². The monoisotopic (exact) mass is 1250 g/mol. The Kier molecular flexibility index (Phi) is 32.7. The van der Waals surface area contributed by atoms with Crippen molar-refractivity contribution in [2.45, 2.75) is 205 Å². The van der Waals surface area contributed by atoms with Gasteiger partial charge in [0.15, 0.2) is 0 Å². The van der Waals surface area contributed by atoms with Gasteiger partial charge in [0.1, 0.15) is 33.6 Å². The van der Waals surface area contributed by atoms with Crippen molar-refractivity contribution in [1.82, 2.24) is 9.97 Å². The number of thiazole rings is 2. The highest BCUT2D eigenvalue weighted by Crippen LogP contribution is 2.42. The summed E-state index contributed by atoms with van der Waals surface area (Å²) in [7, 11) is -1.75. The van der Waals surface area contributed by atoms with Crippen molar-refractivity contribution in [2.24, 2.45) is 0 Å². The summed E-state index contributed by atoms with van der Waals surface area (Å²) in [4.78, 5) is 10.1. The number of rotatable bonds is 28. The molecule has 8 aromatic rings. The first-order chi connectivity index (χ1) is 40.8. The number of aromatic hydroxyl groups is 1. The highest BCUT2D eigenvalue weighted by atomic mass is 32.1. The van der Waals surface area contributed by atoms with Gasteiger partial charge in [-0.3, -0.25) is 0 Å². The van der Waals surface area contributed by atoms with Crippen molar-refractivity contribution in [3.8, 4) is 34.0 Å². The number of unbranched alkanes of at least 4 members (excludes halogenated alkanes) is 4. The number of phenols is 1. The summed E-state index contributed by atoms with van der Waals surface area (Å²) in [5.74, 6) is 2.81. The second-order valence-corrected chi connectivity index (χ2v) is 31.4. The lowest BCUT2D eigenvalue weighted by atomic mass is 9.92. The third-order valence-electron chi connectivity index (χ3n) is 15.8. The van der Waals surface area contributed by atoms with Crippen LogP contribution >= 0.6 is 22.7 Å². The van der Waals surface area contributed by atoms with Crippen LogP contribution in [-0.4, -0.2) is 54.1 Å². The molecular weight excluding hydrogens is 1140 g/mol. The van der Waals surface area contributed by atoms with Gasteiger partial charge in [0.2, 0.25) is 8.32 Å². The zero-order chi connectivity index (χ0) is 61.5. The van der Waals surface area contributed by atoms with Gasteiger partial charge in [0.25, 0.3) is 0 Å². The quantitative estimate of drug-likeness (QED) is 0.0335. The number of hydrogen-bond acceptors (Lipinski definition) is 8. The molecule has 2 atom stereocenters. The molecule has 6 aromatic carbocycles. The number of hydrogen-bond donors (Lipinski definition) is 3. The molecule has 0 fully saturated rings. The van der Waals surface area contributed by atoms with Crippen molar-refractivity contribution >= 4 is 42.4 Å². The number of nitrogens with one attached hydrogen (secondary N) is 2. The van der Waals surface area contributed by atoms with Gasteiger partial charge >= 0.3 is 0 Å². The Balaban J connectivity index is 0.000000360. The van der Waals surface area contributed by atoms with Crippen LogP contribution in [-0.2, 0) is 0 Å². The zero-order valence-corrected chi connectivity index (χ0v) is 57.5. The van der Waals surface area contributed by atoms with E-state index in [2.05, 4.69) is 228 Å². The number of anilines is 2. The summed E-state index contributed by atoms with van der Waals surface area (Å²) in [5.41, 5.74) is 13.7. The highest BCUT2D eigenvalue weighted by molar-refractivity contribution is 7.10. The van der Waals surface area contributed by atoms with Crippen LogP contribution in [0.3, 0.4) is 0 Å². The van der Waals surface area contributed by atoms with Crippen LogP contribution in [0.25, 0.3) is 22.5 Å². The van der Waals surface area contributed by atoms with E-state index >= 15 is 0 Å². The molecule has 8 rings (SSSR count). The molecule has 3 N–H and O–H groups in total. The predicted octanol–water partition coefficient (Wildman–Crippen LogP) is 20.7. The minimum atomic E-state index is -1.75. The fraction of sp³-hybridized carbons (Fsp3) is 0.455. The maximum absolute atomic E-state index is 10.3. The van der Waals surface area contributed by atoms with Gasteiger partial charge in [-0.25, -0.2) is 9.97 Å². The van der Waals surface area contributed by atoms with E-state index in [9.17, 15) is 5.11 Å². The van der Waals surface area contributed by atoms with Crippen molar-refractivity contribution in [2.75, 3.05) is 36.8 Å². The van der Waals surface area contributed by atoms with E-state index in [0.29, 0.717) is 23.7 Å². The van der Waals surface area contributed by atoms with E-state index in [4.69, 9.17) is 14.4 Å². The van der Waals surface area contributed by atoms with E-state index in [1.165, 1.54) is 127 Å². The molecule has 0 saturated heterocycles. The van der Waals surface area contributed by atoms with Crippen molar-refractivity contribution < 1.29 is 18.7 Å². The number of nitrogens with zero attached hydrogens (tertiary/aromatic N) is 3. The van der Waals surface area contributed by atoms with Crippen LogP contribution in [0.5, 0.6) is 11.5 Å². The summed E-state index contributed by atoms with van der Waals surface area (Å²) in [6, 6.07) is 49.9. The molecule has 0 radical (unpaired) electrons. The Morgan fingerprint density at radius 2 is 0.784 bits per heavy atom. The van der Waals surface area contributed by atoms with Crippen molar-refractivity contribution in [3.05, 3.63) is 200 Å². The minimum Gasteiger partial charge on any atom is -1.00 e. The maximum atomic E-state index is 10.3. The molecule has 0 spiro atoms. The van der Waals surface area contributed by atoms with E-state index < -0.39 is 8.32 Å². The molecule has 11 heteroatoms. The predicted molar refractivity (Wildman–Crippen MR) is 387 cm³/mol. The second kappa shape index (κ2) is 37.8. The molecule has 0 aliphatic carbocycles. The number of para-hydroxylation sites is 4. The molecule has 0 aliphatic rings. The molecule has 7 nitrogen and oxygen atoms in total. The molecule has 2 unspecified atom stereocenters. The van der Waals surface area contributed by atoms with Gasteiger partial charge in [-0.2, -0.15) is 0 Å². The Morgan fingerprint density at radius 1 is 0.455 bits per heavy atom. The lowest BCUT2D eigenvalue weighted by Crippen LogP contribution is -3.00. The van der Waals surface area contributed by atoms with E-state index in [1.54, 1.807) is 28.7 Å². The largest absolute Gasteiger partial charge is 1.00 e. The molecule has 2 aromatic heterocycles. The van der Waals surface area contributed by atoms with Gasteiger partial charge in [0, 0.05) is 33.3 Å². The first-order valence-corrected chi connectivity index (χ1v) is 37.2. The fourth-order valence-corrected chi connectivity index (χ4v) is 13.7.